The molecule has 0 spiro atoms. The lowest BCUT2D eigenvalue weighted by Gasteiger charge is -2.05. The molecule has 0 N–H and O–H groups in total. The van der Waals surface area contributed by atoms with Crippen LogP contribution in [0.25, 0.3) is 0 Å². The van der Waals surface area contributed by atoms with Gasteiger partial charge in [-0.25, -0.2) is 0 Å². The van der Waals surface area contributed by atoms with Gasteiger partial charge in [0.15, 0.2) is 0 Å². The normalized spacial score (nSPS) is 37.6. The van der Waals surface area contributed by atoms with Gasteiger partial charge in [0.1, 0.15) is 0 Å². The quantitative estimate of drug-likeness (QED) is 0.420. The molecule has 0 heterocycles. The molecule has 0 nitrogen and oxygen atoms in total. The molecule has 0 heteroatoms. The Kier molecular flexibility index (Phi) is 1.41. The molecule has 0 aromatic rings. The molecule has 1 rings (SSSR count). The minimum Gasteiger partial charge on any atom is -0.0825 e. The van der Waals surface area contributed by atoms with Gasteiger partial charge in [-0.2, -0.15) is 0 Å². The summed E-state index contributed by atoms with van der Waals surface area (Å²) in [5.74, 6) is 1.73. The number of allylic oxidation sites excluding steroid dienone is 2. The molecule has 0 amide bonds. The summed E-state index contributed by atoms with van der Waals surface area (Å²) in [6, 6.07) is 0. The van der Waals surface area contributed by atoms with E-state index in [0.29, 0.717) is 0 Å². The first-order valence-electron chi connectivity index (χ1n) is 3.37. The molecule has 0 radical (unpaired) electrons. The maximum Gasteiger partial charge on any atom is -0.0231 e. The van der Waals surface area contributed by atoms with Crippen molar-refractivity contribution in [3.05, 3.63) is 11.6 Å². The third kappa shape index (κ3) is 0.936. The van der Waals surface area contributed by atoms with E-state index >= 15 is 0 Å². The van der Waals surface area contributed by atoms with Crippen molar-refractivity contribution in [3.63, 3.8) is 0 Å². The van der Waals surface area contributed by atoms with Crippen LogP contribution in [0.4, 0.5) is 0 Å². The number of rotatable bonds is 0. The van der Waals surface area contributed by atoms with Gasteiger partial charge in [0.05, 0.1) is 0 Å². The van der Waals surface area contributed by atoms with E-state index in [9.17, 15) is 0 Å². The molecule has 0 bridgehead atoms. The van der Waals surface area contributed by atoms with E-state index in [1.54, 1.807) is 5.57 Å². The summed E-state index contributed by atoms with van der Waals surface area (Å²) in [4.78, 5) is 0. The van der Waals surface area contributed by atoms with Crippen LogP contribution in [0.15, 0.2) is 11.6 Å². The maximum absolute atomic E-state index is 2.38. The molecule has 0 aromatic carbocycles. The summed E-state index contributed by atoms with van der Waals surface area (Å²) in [5.41, 5.74) is 1.57. The number of hydrogen-bond donors (Lipinski definition) is 0. The predicted molar refractivity (Wildman–Crippen MR) is 36.7 cm³/mol. The Morgan fingerprint density at radius 3 is 2.25 bits per heavy atom. The van der Waals surface area contributed by atoms with Crippen LogP contribution in [0, 0.1) is 11.8 Å². The summed E-state index contributed by atoms with van der Waals surface area (Å²) in [6.07, 6.45) is 3.70. The second-order valence-electron chi connectivity index (χ2n) is 3.05. The van der Waals surface area contributed by atoms with E-state index in [4.69, 9.17) is 0 Å². The molecule has 0 aromatic heterocycles. The van der Waals surface area contributed by atoms with Crippen molar-refractivity contribution in [1.82, 2.24) is 0 Å². The van der Waals surface area contributed by atoms with Crippen LogP contribution >= 0.6 is 0 Å². The van der Waals surface area contributed by atoms with Gasteiger partial charge >= 0.3 is 0 Å². The molecule has 46 valence electrons. The van der Waals surface area contributed by atoms with E-state index < -0.39 is 0 Å². The first-order chi connectivity index (χ1) is 3.70. The fraction of sp³-hybridized carbons (Fsp3) is 0.750. The van der Waals surface area contributed by atoms with Crippen LogP contribution in [0.1, 0.15) is 27.2 Å². The van der Waals surface area contributed by atoms with Crippen LogP contribution in [-0.4, -0.2) is 0 Å². The fourth-order valence-electron chi connectivity index (χ4n) is 1.37. The molecule has 0 saturated carbocycles. The molecule has 2 atom stereocenters. The lowest BCUT2D eigenvalue weighted by molar-refractivity contribution is 0.494. The third-order valence-electron chi connectivity index (χ3n) is 2.09. The third-order valence-corrected chi connectivity index (χ3v) is 2.09. The Hall–Kier alpha value is -0.260. The highest BCUT2D eigenvalue weighted by molar-refractivity contribution is 5.09. The van der Waals surface area contributed by atoms with Crippen molar-refractivity contribution < 1.29 is 0 Å². The standard InChI is InChI=1S/C8H14/c1-6-4-7(2)8(3)5-6/h4,7-8H,5H2,1-3H3/t7-,8-/m1/s1. The van der Waals surface area contributed by atoms with Gasteiger partial charge in [-0.3, -0.25) is 0 Å². The molecule has 0 aliphatic heterocycles. The summed E-state index contributed by atoms with van der Waals surface area (Å²) in [5, 5.41) is 0. The second-order valence-corrected chi connectivity index (χ2v) is 3.05. The van der Waals surface area contributed by atoms with Gasteiger partial charge in [-0.15, -0.1) is 0 Å². The summed E-state index contributed by atoms with van der Waals surface area (Å²) < 4.78 is 0. The Bertz CT molecular complexity index is 111. The van der Waals surface area contributed by atoms with Crippen LogP contribution < -0.4 is 0 Å². The van der Waals surface area contributed by atoms with Crippen LogP contribution in [-0.2, 0) is 0 Å². The highest BCUT2D eigenvalue weighted by Crippen LogP contribution is 2.28. The zero-order valence-electron chi connectivity index (χ0n) is 5.94. The van der Waals surface area contributed by atoms with Gasteiger partial charge in [0, 0.05) is 0 Å². The van der Waals surface area contributed by atoms with Gasteiger partial charge in [-0.1, -0.05) is 25.5 Å². The smallest absolute Gasteiger partial charge is 0.0231 e. The first-order valence-corrected chi connectivity index (χ1v) is 3.37. The van der Waals surface area contributed by atoms with Gasteiger partial charge in [0.2, 0.25) is 0 Å². The van der Waals surface area contributed by atoms with Crippen LogP contribution in [0.2, 0.25) is 0 Å². The van der Waals surface area contributed by atoms with Crippen molar-refractivity contribution in [2.45, 2.75) is 27.2 Å². The Labute approximate surface area is 51.6 Å². The van der Waals surface area contributed by atoms with Crippen molar-refractivity contribution in [1.29, 1.82) is 0 Å². The molecular weight excluding hydrogens is 96.1 g/mol. The molecular formula is C8H14. The van der Waals surface area contributed by atoms with E-state index in [1.165, 1.54) is 6.42 Å². The Morgan fingerprint density at radius 1 is 1.50 bits per heavy atom. The molecule has 1 aliphatic rings. The maximum atomic E-state index is 2.38. The fourth-order valence-corrected chi connectivity index (χ4v) is 1.37. The Balaban J connectivity index is 2.56. The minimum atomic E-state index is 0.829. The second kappa shape index (κ2) is 1.93. The van der Waals surface area contributed by atoms with Gasteiger partial charge in [-0.05, 0) is 25.2 Å². The van der Waals surface area contributed by atoms with E-state index in [1.807, 2.05) is 0 Å². The topological polar surface area (TPSA) is 0 Å². The molecule has 1 aliphatic carbocycles. The highest BCUT2D eigenvalue weighted by atomic mass is 14.2. The zero-order valence-corrected chi connectivity index (χ0v) is 5.94. The van der Waals surface area contributed by atoms with Crippen molar-refractivity contribution in [2.24, 2.45) is 11.8 Å². The lowest BCUT2D eigenvalue weighted by atomic mass is 10.0. The predicted octanol–water partition coefficient (Wildman–Crippen LogP) is 2.61. The lowest BCUT2D eigenvalue weighted by Crippen LogP contribution is -1.96. The summed E-state index contributed by atoms with van der Waals surface area (Å²) in [7, 11) is 0. The van der Waals surface area contributed by atoms with Crippen molar-refractivity contribution in [3.8, 4) is 0 Å². The molecule has 8 heavy (non-hydrogen) atoms. The van der Waals surface area contributed by atoms with E-state index in [0.717, 1.165) is 11.8 Å². The molecule has 0 unspecified atom stereocenters. The molecule has 0 fully saturated rings. The van der Waals surface area contributed by atoms with Crippen molar-refractivity contribution in [2.75, 3.05) is 0 Å². The monoisotopic (exact) mass is 110 g/mol. The van der Waals surface area contributed by atoms with Gasteiger partial charge in [0.25, 0.3) is 0 Å². The first kappa shape index (κ1) is 5.87. The zero-order chi connectivity index (χ0) is 6.15. The summed E-state index contributed by atoms with van der Waals surface area (Å²) >= 11 is 0. The average Bonchev–Trinajstić information content (AvgIpc) is 1.85. The SMILES string of the molecule is CC1=C[C@@H](C)[C@H](C)C1. The van der Waals surface area contributed by atoms with Crippen LogP contribution in [0.3, 0.4) is 0 Å². The Morgan fingerprint density at radius 2 is 2.12 bits per heavy atom. The highest BCUT2D eigenvalue weighted by Gasteiger charge is 2.16. The largest absolute Gasteiger partial charge is 0.0825 e. The van der Waals surface area contributed by atoms with Crippen LogP contribution in [0.5, 0.6) is 0 Å². The molecule has 0 saturated heterocycles. The van der Waals surface area contributed by atoms with Crippen molar-refractivity contribution >= 4 is 0 Å². The summed E-state index contributed by atoms with van der Waals surface area (Å²) in [6.45, 7) is 6.83. The average molecular weight is 110 g/mol. The number of hydrogen-bond acceptors (Lipinski definition) is 0. The van der Waals surface area contributed by atoms with E-state index in [2.05, 4.69) is 26.8 Å². The van der Waals surface area contributed by atoms with E-state index in [-0.39, 0.29) is 0 Å². The minimum absolute atomic E-state index is 0.829. The van der Waals surface area contributed by atoms with Gasteiger partial charge < -0.3 is 0 Å².